The predicted octanol–water partition coefficient (Wildman–Crippen LogP) is 1.75. The highest BCUT2D eigenvalue weighted by Gasteiger charge is 2.31. The SMILES string of the molecule is CC(CN1CCOCC1)NC1C(=O)Nc2ccc(Br)cc21. The topological polar surface area (TPSA) is 53.6 Å². The summed E-state index contributed by atoms with van der Waals surface area (Å²) in [5, 5.41) is 6.37. The van der Waals surface area contributed by atoms with Gasteiger partial charge in [0.15, 0.2) is 0 Å². The van der Waals surface area contributed by atoms with Gasteiger partial charge < -0.3 is 10.1 Å². The molecule has 0 radical (unpaired) electrons. The number of nitrogens with zero attached hydrogens (tertiary/aromatic N) is 1. The van der Waals surface area contributed by atoms with Crippen LogP contribution in [0.15, 0.2) is 22.7 Å². The normalized spacial score (nSPS) is 23.7. The number of fused-ring (bicyclic) bond motifs is 1. The fourth-order valence-electron chi connectivity index (χ4n) is 2.91. The Morgan fingerprint density at radius 2 is 2.24 bits per heavy atom. The highest BCUT2D eigenvalue weighted by atomic mass is 79.9. The molecule has 21 heavy (non-hydrogen) atoms. The van der Waals surface area contributed by atoms with Crippen molar-refractivity contribution in [2.45, 2.75) is 19.0 Å². The van der Waals surface area contributed by atoms with Crippen molar-refractivity contribution in [1.82, 2.24) is 10.2 Å². The fourth-order valence-corrected chi connectivity index (χ4v) is 3.28. The third-order valence-corrected chi connectivity index (χ3v) is 4.42. The van der Waals surface area contributed by atoms with Gasteiger partial charge in [-0.1, -0.05) is 15.9 Å². The van der Waals surface area contributed by atoms with Crippen LogP contribution in [-0.4, -0.2) is 49.7 Å². The number of halogens is 1. The van der Waals surface area contributed by atoms with Gasteiger partial charge in [-0.05, 0) is 25.1 Å². The number of rotatable bonds is 4. The van der Waals surface area contributed by atoms with E-state index in [2.05, 4.69) is 38.4 Å². The van der Waals surface area contributed by atoms with E-state index in [1.54, 1.807) is 0 Å². The monoisotopic (exact) mass is 353 g/mol. The van der Waals surface area contributed by atoms with Gasteiger partial charge in [0, 0.05) is 41.4 Å². The molecular formula is C15H20BrN3O2. The van der Waals surface area contributed by atoms with Gasteiger partial charge in [-0.25, -0.2) is 0 Å². The smallest absolute Gasteiger partial charge is 0.246 e. The van der Waals surface area contributed by atoms with E-state index < -0.39 is 0 Å². The molecule has 2 unspecified atom stereocenters. The van der Waals surface area contributed by atoms with Crippen LogP contribution in [0.5, 0.6) is 0 Å². The van der Waals surface area contributed by atoms with E-state index in [9.17, 15) is 4.79 Å². The zero-order valence-electron chi connectivity index (χ0n) is 12.1. The summed E-state index contributed by atoms with van der Waals surface area (Å²) in [4.78, 5) is 14.5. The average Bonchev–Trinajstić information content (AvgIpc) is 2.76. The molecule has 1 amide bonds. The molecule has 114 valence electrons. The van der Waals surface area contributed by atoms with Crippen molar-refractivity contribution in [3.8, 4) is 0 Å². The van der Waals surface area contributed by atoms with Crippen molar-refractivity contribution in [3.05, 3.63) is 28.2 Å². The first-order valence-electron chi connectivity index (χ1n) is 7.30. The molecule has 2 atom stereocenters. The third-order valence-electron chi connectivity index (χ3n) is 3.93. The summed E-state index contributed by atoms with van der Waals surface area (Å²) in [6.07, 6.45) is 0. The van der Waals surface area contributed by atoms with Gasteiger partial charge in [0.05, 0.1) is 13.2 Å². The maximum absolute atomic E-state index is 12.1. The van der Waals surface area contributed by atoms with E-state index in [0.717, 1.165) is 48.6 Å². The summed E-state index contributed by atoms with van der Waals surface area (Å²) in [6, 6.07) is 5.86. The summed E-state index contributed by atoms with van der Waals surface area (Å²) < 4.78 is 6.35. The van der Waals surface area contributed by atoms with Crippen LogP contribution in [0.25, 0.3) is 0 Å². The number of anilines is 1. The molecule has 1 aromatic rings. The Bertz CT molecular complexity index is 532. The Morgan fingerprint density at radius 3 is 3.00 bits per heavy atom. The molecular weight excluding hydrogens is 334 g/mol. The van der Waals surface area contributed by atoms with Gasteiger partial charge in [-0.2, -0.15) is 0 Å². The second kappa shape index (κ2) is 6.44. The van der Waals surface area contributed by atoms with Crippen LogP contribution in [0.2, 0.25) is 0 Å². The number of amides is 1. The van der Waals surface area contributed by atoms with Gasteiger partial charge >= 0.3 is 0 Å². The highest BCUT2D eigenvalue weighted by molar-refractivity contribution is 9.10. The quantitative estimate of drug-likeness (QED) is 0.865. The number of ether oxygens (including phenoxy) is 1. The van der Waals surface area contributed by atoms with Crippen molar-refractivity contribution in [2.24, 2.45) is 0 Å². The lowest BCUT2D eigenvalue weighted by molar-refractivity contribution is -0.117. The maximum Gasteiger partial charge on any atom is 0.246 e. The molecule has 0 aromatic heterocycles. The van der Waals surface area contributed by atoms with Crippen LogP contribution in [0.1, 0.15) is 18.5 Å². The van der Waals surface area contributed by atoms with E-state index in [1.807, 2.05) is 18.2 Å². The molecule has 2 N–H and O–H groups in total. The van der Waals surface area contributed by atoms with Crippen LogP contribution in [0.3, 0.4) is 0 Å². The Morgan fingerprint density at radius 1 is 1.48 bits per heavy atom. The first-order valence-corrected chi connectivity index (χ1v) is 8.09. The Balaban J connectivity index is 1.64. The first kappa shape index (κ1) is 15.0. The first-order chi connectivity index (χ1) is 10.1. The summed E-state index contributed by atoms with van der Waals surface area (Å²) in [5.41, 5.74) is 1.92. The molecule has 2 heterocycles. The zero-order valence-corrected chi connectivity index (χ0v) is 13.6. The highest BCUT2D eigenvalue weighted by Crippen LogP contribution is 2.33. The molecule has 2 aliphatic heterocycles. The number of morpholine rings is 1. The van der Waals surface area contributed by atoms with E-state index in [1.165, 1.54) is 0 Å². The average molecular weight is 354 g/mol. The van der Waals surface area contributed by atoms with Crippen LogP contribution < -0.4 is 10.6 Å². The third kappa shape index (κ3) is 3.45. The van der Waals surface area contributed by atoms with Crippen LogP contribution in [0.4, 0.5) is 5.69 Å². The molecule has 0 bridgehead atoms. The van der Waals surface area contributed by atoms with Gasteiger partial charge in [0.1, 0.15) is 6.04 Å². The number of carbonyl (C=O) groups excluding carboxylic acids is 1. The van der Waals surface area contributed by atoms with Gasteiger partial charge in [0.2, 0.25) is 5.91 Å². The molecule has 1 aromatic carbocycles. The minimum atomic E-state index is -0.270. The second-order valence-corrected chi connectivity index (χ2v) is 6.55. The summed E-state index contributed by atoms with van der Waals surface area (Å²) in [7, 11) is 0. The molecule has 0 aliphatic carbocycles. The maximum atomic E-state index is 12.1. The number of carbonyl (C=O) groups is 1. The minimum absolute atomic E-state index is 0.0249. The van der Waals surface area contributed by atoms with E-state index in [-0.39, 0.29) is 18.0 Å². The van der Waals surface area contributed by atoms with Crippen LogP contribution in [0, 0.1) is 0 Å². The van der Waals surface area contributed by atoms with E-state index >= 15 is 0 Å². The Labute approximate surface area is 133 Å². The van der Waals surface area contributed by atoms with Crippen molar-refractivity contribution >= 4 is 27.5 Å². The number of benzene rings is 1. The van der Waals surface area contributed by atoms with E-state index in [4.69, 9.17) is 4.74 Å². The largest absolute Gasteiger partial charge is 0.379 e. The van der Waals surface area contributed by atoms with Crippen molar-refractivity contribution < 1.29 is 9.53 Å². The van der Waals surface area contributed by atoms with Gasteiger partial charge in [0.25, 0.3) is 0 Å². The summed E-state index contributed by atoms with van der Waals surface area (Å²) in [5.74, 6) is 0.0249. The lowest BCUT2D eigenvalue weighted by Crippen LogP contribution is -2.46. The number of hydrogen-bond acceptors (Lipinski definition) is 4. The molecule has 0 spiro atoms. The molecule has 3 rings (SSSR count). The second-order valence-electron chi connectivity index (χ2n) is 5.63. The zero-order chi connectivity index (χ0) is 14.8. The summed E-state index contributed by atoms with van der Waals surface area (Å²) in [6.45, 7) is 6.57. The van der Waals surface area contributed by atoms with Crippen molar-refractivity contribution in [3.63, 3.8) is 0 Å². The molecule has 6 heteroatoms. The standard InChI is InChI=1S/C15H20BrN3O2/c1-10(9-19-4-6-21-7-5-19)17-14-12-8-11(16)2-3-13(12)18-15(14)20/h2-3,8,10,14,17H,4-7,9H2,1H3,(H,18,20). The lowest BCUT2D eigenvalue weighted by atomic mass is 10.1. The number of hydrogen-bond donors (Lipinski definition) is 2. The van der Waals surface area contributed by atoms with Crippen LogP contribution in [-0.2, 0) is 9.53 Å². The van der Waals surface area contributed by atoms with Crippen LogP contribution >= 0.6 is 15.9 Å². The lowest BCUT2D eigenvalue weighted by Gasteiger charge is -2.30. The van der Waals surface area contributed by atoms with Gasteiger partial charge in [-0.3, -0.25) is 15.0 Å². The van der Waals surface area contributed by atoms with Crippen molar-refractivity contribution in [2.75, 3.05) is 38.2 Å². The molecule has 1 saturated heterocycles. The molecule has 2 aliphatic rings. The van der Waals surface area contributed by atoms with Crippen molar-refractivity contribution in [1.29, 1.82) is 0 Å². The number of nitrogens with one attached hydrogen (secondary N) is 2. The summed E-state index contributed by atoms with van der Waals surface area (Å²) >= 11 is 3.47. The van der Waals surface area contributed by atoms with Gasteiger partial charge in [-0.15, -0.1) is 0 Å². The minimum Gasteiger partial charge on any atom is -0.379 e. The molecule has 1 fully saturated rings. The Kier molecular flexibility index (Phi) is 4.59. The fraction of sp³-hybridized carbons (Fsp3) is 0.533. The van der Waals surface area contributed by atoms with E-state index in [0.29, 0.717) is 0 Å². The predicted molar refractivity (Wildman–Crippen MR) is 85.4 cm³/mol. The molecule has 5 nitrogen and oxygen atoms in total. The Hall–Kier alpha value is -0.950. The molecule has 0 saturated carbocycles.